The van der Waals surface area contributed by atoms with E-state index < -0.39 is 14.9 Å². The maximum Gasteiger partial charge on any atom is 0.293 e. The largest absolute Gasteiger partial charge is 0.364 e. The molecule has 1 aromatic rings. The van der Waals surface area contributed by atoms with Gasteiger partial charge in [0, 0.05) is 50.4 Å². The van der Waals surface area contributed by atoms with E-state index in [0.29, 0.717) is 36.9 Å². The first-order chi connectivity index (χ1) is 14.8. The van der Waals surface area contributed by atoms with E-state index in [1.54, 1.807) is 12.1 Å². The normalized spacial score (nSPS) is 28.7. The molecule has 0 aliphatic carbocycles. The van der Waals surface area contributed by atoms with E-state index in [1.807, 2.05) is 0 Å². The van der Waals surface area contributed by atoms with Gasteiger partial charge in [-0.05, 0) is 64.5 Å². The highest BCUT2D eigenvalue weighted by atomic mass is 32.2. The molecule has 9 heteroatoms. The molecule has 3 aliphatic heterocycles. The lowest BCUT2D eigenvalue weighted by atomic mass is 10.0. The molecule has 0 unspecified atom stereocenters. The summed E-state index contributed by atoms with van der Waals surface area (Å²) in [6.45, 7) is 7.01. The number of sulfonamides is 1. The van der Waals surface area contributed by atoms with Crippen molar-refractivity contribution >= 4 is 21.4 Å². The molecule has 3 saturated heterocycles. The molecular formula is C22H34N4O4S. The summed E-state index contributed by atoms with van der Waals surface area (Å²) in [5.74, 6) is 0. The highest BCUT2D eigenvalue weighted by Gasteiger charge is 2.37. The summed E-state index contributed by atoms with van der Waals surface area (Å²) in [5.41, 5.74) is 0.424. The van der Waals surface area contributed by atoms with Gasteiger partial charge in [0.05, 0.1) is 9.82 Å². The summed E-state index contributed by atoms with van der Waals surface area (Å²) >= 11 is 0. The van der Waals surface area contributed by atoms with Crippen LogP contribution in [0.3, 0.4) is 0 Å². The van der Waals surface area contributed by atoms with Crippen LogP contribution in [0.4, 0.5) is 11.4 Å². The minimum atomic E-state index is -3.70. The van der Waals surface area contributed by atoms with Crippen molar-refractivity contribution in [3.05, 3.63) is 28.3 Å². The monoisotopic (exact) mass is 450 g/mol. The van der Waals surface area contributed by atoms with Crippen LogP contribution in [0.2, 0.25) is 0 Å². The summed E-state index contributed by atoms with van der Waals surface area (Å²) in [4.78, 5) is 16.2. The zero-order valence-corrected chi connectivity index (χ0v) is 19.4. The molecule has 172 valence electrons. The van der Waals surface area contributed by atoms with Crippen molar-refractivity contribution in [2.24, 2.45) is 0 Å². The fraction of sp³-hybridized carbons (Fsp3) is 0.727. The van der Waals surface area contributed by atoms with Gasteiger partial charge in [-0.25, -0.2) is 8.42 Å². The van der Waals surface area contributed by atoms with Crippen molar-refractivity contribution in [2.75, 3.05) is 31.1 Å². The quantitative estimate of drug-likeness (QED) is 0.503. The number of benzene rings is 1. The Morgan fingerprint density at radius 1 is 0.968 bits per heavy atom. The average Bonchev–Trinajstić information content (AvgIpc) is 3.12. The summed E-state index contributed by atoms with van der Waals surface area (Å²) in [6.07, 6.45) is 7.16. The smallest absolute Gasteiger partial charge is 0.293 e. The third-order valence-electron chi connectivity index (χ3n) is 7.28. The number of nitro benzene ring substituents is 1. The van der Waals surface area contributed by atoms with E-state index in [9.17, 15) is 18.5 Å². The summed E-state index contributed by atoms with van der Waals surface area (Å²) in [5, 5.41) is 11.9. The minimum absolute atomic E-state index is 0.0280. The Hall–Kier alpha value is -1.71. The van der Waals surface area contributed by atoms with E-state index in [4.69, 9.17) is 0 Å². The molecule has 3 fully saturated rings. The van der Waals surface area contributed by atoms with Crippen LogP contribution in [0.1, 0.15) is 58.8 Å². The number of nitrogens with zero attached hydrogens (tertiary/aromatic N) is 4. The van der Waals surface area contributed by atoms with E-state index in [-0.39, 0.29) is 10.6 Å². The molecule has 4 rings (SSSR count). The van der Waals surface area contributed by atoms with Gasteiger partial charge in [-0.1, -0.05) is 6.42 Å². The van der Waals surface area contributed by atoms with Crippen molar-refractivity contribution in [1.29, 1.82) is 0 Å². The zero-order chi connectivity index (χ0) is 22.2. The first kappa shape index (κ1) is 22.5. The second-order valence-corrected chi connectivity index (χ2v) is 11.3. The van der Waals surface area contributed by atoms with Gasteiger partial charge in [0.1, 0.15) is 5.69 Å². The lowest BCUT2D eigenvalue weighted by Crippen LogP contribution is -2.51. The van der Waals surface area contributed by atoms with Crippen LogP contribution >= 0.6 is 0 Å². The van der Waals surface area contributed by atoms with Gasteiger partial charge in [0.25, 0.3) is 5.69 Å². The first-order valence-corrected chi connectivity index (χ1v) is 13.0. The average molecular weight is 451 g/mol. The Balaban J connectivity index is 1.60. The van der Waals surface area contributed by atoms with Gasteiger partial charge < -0.3 is 4.90 Å². The number of likely N-dealkylation sites (tertiary alicyclic amines) is 1. The number of rotatable bonds is 5. The van der Waals surface area contributed by atoms with Gasteiger partial charge in [0.2, 0.25) is 10.0 Å². The lowest BCUT2D eigenvalue weighted by molar-refractivity contribution is -0.384. The van der Waals surface area contributed by atoms with E-state index in [1.165, 1.54) is 23.2 Å². The molecule has 0 N–H and O–H groups in total. The third kappa shape index (κ3) is 4.45. The Kier molecular flexibility index (Phi) is 6.55. The number of hydrogen-bond donors (Lipinski definition) is 0. The molecule has 3 aliphatic rings. The molecule has 8 nitrogen and oxygen atoms in total. The second kappa shape index (κ2) is 9.03. The molecule has 0 amide bonds. The first-order valence-electron chi connectivity index (χ1n) is 11.6. The standard InChI is InChI=1S/C22H34N4O4S/c1-17-8-9-18(2)25(17)19-7-6-12-23(16-19)21-11-10-20(15-22(21)26(27)28)31(29,30)24-13-4-3-5-14-24/h10-11,15,17-19H,3-9,12-14,16H2,1-2H3/t17-,18-,19+/m0/s1. The van der Waals surface area contributed by atoms with Crippen LogP contribution in [-0.2, 0) is 10.0 Å². The van der Waals surface area contributed by atoms with Crippen LogP contribution in [0.15, 0.2) is 23.1 Å². The molecule has 0 bridgehead atoms. The van der Waals surface area contributed by atoms with Crippen LogP contribution < -0.4 is 4.90 Å². The van der Waals surface area contributed by atoms with Gasteiger partial charge >= 0.3 is 0 Å². The molecule has 0 radical (unpaired) electrons. The molecule has 0 saturated carbocycles. The highest BCUT2D eigenvalue weighted by molar-refractivity contribution is 7.89. The predicted octanol–water partition coefficient (Wildman–Crippen LogP) is 3.61. The molecule has 0 spiro atoms. The molecular weight excluding hydrogens is 416 g/mol. The van der Waals surface area contributed by atoms with E-state index in [2.05, 4.69) is 23.6 Å². The van der Waals surface area contributed by atoms with Crippen molar-refractivity contribution in [1.82, 2.24) is 9.21 Å². The van der Waals surface area contributed by atoms with Crippen LogP contribution in [-0.4, -0.2) is 66.9 Å². The topological polar surface area (TPSA) is 87.0 Å². The minimum Gasteiger partial charge on any atom is -0.364 e. The fourth-order valence-corrected chi connectivity index (χ4v) is 7.22. The predicted molar refractivity (Wildman–Crippen MR) is 121 cm³/mol. The maximum absolute atomic E-state index is 13.0. The second-order valence-electron chi connectivity index (χ2n) is 9.34. The van der Waals surface area contributed by atoms with Crippen molar-refractivity contribution in [3.63, 3.8) is 0 Å². The fourth-order valence-electron chi connectivity index (χ4n) is 5.68. The molecule has 31 heavy (non-hydrogen) atoms. The SMILES string of the molecule is C[C@H]1CC[C@H](C)N1[C@@H]1CCCN(c2ccc(S(=O)(=O)N3CCCCC3)cc2[N+](=O)[O-])C1. The van der Waals surface area contributed by atoms with E-state index in [0.717, 1.165) is 45.2 Å². The van der Waals surface area contributed by atoms with Crippen molar-refractivity contribution < 1.29 is 13.3 Å². The summed E-state index contributed by atoms with van der Waals surface area (Å²) < 4.78 is 27.5. The summed E-state index contributed by atoms with van der Waals surface area (Å²) in [7, 11) is -3.70. The van der Waals surface area contributed by atoms with Gasteiger partial charge in [-0.2, -0.15) is 4.31 Å². The van der Waals surface area contributed by atoms with Crippen LogP contribution in [0.25, 0.3) is 0 Å². The molecule has 3 atom stereocenters. The Morgan fingerprint density at radius 2 is 1.65 bits per heavy atom. The van der Waals surface area contributed by atoms with Crippen LogP contribution in [0, 0.1) is 10.1 Å². The number of hydrogen-bond acceptors (Lipinski definition) is 6. The lowest BCUT2D eigenvalue weighted by Gasteiger charge is -2.42. The molecule has 3 heterocycles. The number of nitro groups is 1. The van der Waals surface area contributed by atoms with Gasteiger partial charge in [0.15, 0.2) is 0 Å². The molecule has 0 aromatic heterocycles. The third-order valence-corrected chi connectivity index (χ3v) is 9.17. The van der Waals surface area contributed by atoms with Crippen molar-refractivity contribution in [2.45, 2.75) is 81.8 Å². The molecule has 1 aromatic carbocycles. The Labute approximate surface area is 185 Å². The van der Waals surface area contributed by atoms with E-state index >= 15 is 0 Å². The maximum atomic E-state index is 13.0. The zero-order valence-electron chi connectivity index (χ0n) is 18.6. The Bertz CT molecular complexity index is 906. The van der Waals surface area contributed by atoms with Gasteiger partial charge in [-0.3, -0.25) is 15.0 Å². The number of piperidine rings is 2. The highest BCUT2D eigenvalue weighted by Crippen LogP contribution is 2.36. The van der Waals surface area contributed by atoms with Crippen molar-refractivity contribution in [3.8, 4) is 0 Å². The Morgan fingerprint density at radius 3 is 2.29 bits per heavy atom. The summed E-state index contributed by atoms with van der Waals surface area (Å²) in [6, 6.07) is 5.91. The number of anilines is 1. The van der Waals surface area contributed by atoms with Gasteiger partial charge in [-0.15, -0.1) is 0 Å². The van der Waals surface area contributed by atoms with Crippen LogP contribution in [0.5, 0.6) is 0 Å².